The molecule has 6 nitrogen and oxygen atoms in total. The van der Waals surface area contributed by atoms with E-state index in [-0.39, 0.29) is 36.4 Å². The van der Waals surface area contributed by atoms with Gasteiger partial charge in [-0.3, -0.25) is 4.79 Å². The van der Waals surface area contributed by atoms with Crippen LogP contribution in [0, 0.1) is 12.3 Å². The van der Waals surface area contributed by atoms with Crippen LogP contribution < -0.4 is 20.7 Å². The molecule has 126 valence electrons. The number of amides is 1. The van der Waals surface area contributed by atoms with Crippen LogP contribution in [0.2, 0.25) is 0 Å². The molecular formula is C16H23IN4O2. The summed E-state index contributed by atoms with van der Waals surface area (Å²) >= 11 is 0. The molecule has 1 aromatic carbocycles. The van der Waals surface area contributed by atoms with E-state index in [0.717, 1.165) is 11.3 Å². The van der Waals surface area contributed by atoms with Crippen LogP contribution in [0.25, 0.3) is 0 Å². The van der Waals surface area contributed by atoms with Gasteiger partial charge in [0.2, 0.25) is 5.91 Å². The molecular weight excluding hydrogens is 407 g/mol. The van der Waals surface area contributed by atoms with Crippen molar-refractivity contribution in [2.45, 2.75) is 13.5 Å². The van der Waals surface area contributed by atoms with Gasteiger partial charge in [-0.05, 0) is 24.6 Å². The summed E-state index contributed by atoms with van der Waals surface area (Å²) in [6, 6.07) is 7.52. The molecule has 0 aliphatic heterocycles. The number of terminal acetylenes is 1. The molecule has 0 aromatic heterocycles. The predicted octanol–water partition coefficient (Wildman–Crippen LogP) is 1.12. The van der Waals surface area contributed by atoms with Gasteiger partial charge in [0.25, 0.3) is 0 Å². The summed E-state index contributed by atoms with van der Waals surface area (Å²) < 4.78 is 5.08. The number of ether oxygens (including phenoxy) is 1. The molecule has 1 rings (SSSR count). The van der Waals surface area contributed by atoms with E-state index in [1.807, 2.05) is 31.2 Å². The summed E-state index contributed by atoms with van der Waals surface area (Å²) in [6.45, 7) is 3.49. The number of nitrogens with zero attached hydrogens (tertiary/aromatic N) is 1. The van der Waals surface area contributed by atoms with Crippen molar-refractivity contribution in [3.63, 3.8) is 0 Å². The molecule has 0 saturated carbocycles. The Bertz CT molecular complexity index is 538. The Labute approximate surface area is 154 Å². The number of hydrogen-bond donors (Lipinski definition) is 3. The summed E-state index contributed by atoms with van der Waals surface area (Å²) in [5.74, 6) is 3.61. The summed E-state index contributed by atoms with van der Waals surface area (Å²) in [5, 5.41) is 8.74. The lowest BCUT2D eigenvalue weighted by Crippen LogP contribution is -2.38. The SMILES string of the molecule is C#CCNC(=NCC(=O)NCc1ccc(OC)cc1)NCC.I. The molecule has 23 heavy (non-hydrogen) atoms. The highest BCUT2D eigenvalue weighted by atomic mass is 127. The fourth-order valence-corrected chi connectivity index (χ4v) is 1.63. The van der Waals surface area contributed by atoms with Crippen LogP contribution in [0.5, 0.6) is 5.75 Å². The van der Waals surface area contributed by atoms with Gasteiger partial charge in [-0.25, -0.2) is 4.99 Å². The van der Waals surface area contributed by atoms with Crippen molar-refractivity contribution in [2.24, 2.45) is 4.99 Å². The van der Waals surface area contributed by atoms with Crippen molar-refractivity contribution in [2.75, 3.05) is 26.7 Å². The van der Waals surface area contributed by atoms with Crippen LogP contribution in [-0.2, 0) is 11.3 Å². The molecule has 0 heterocycles. The molecule has 0 bridgehead atoms. The first-order chi connectivity index (χ1) is 10.7. The first-order valence-corrected chi connectivity index (χ1v) is 7.04. The molecule has 0 aliphatic carbocycles. The van der Waals surface area contributed by atoms with Gasteiger partial charge in [-0.15, -0.1) is 30.4 Å². The highest BCUT2D eigenvalue weighted by Crippen LogP contribution is 2.10. The van der Waals surface area contributed by atoms with E-state index in [1.54, 1.807) is 7.11 Å². The van der Waals surface area contributed by atoms with Crippen molar-refractivity contribution in [1.29, 1.82) is 0 Å². The van der Waals surface area contributed by atoms with E-state index in [9.17, 15) is 4.79 Å². The lowest BCUT2D eigenvalue weighted by Gasteiger charge is -2.09. The Morgan fingerprint density at radius 1 is 1.26 bits per heavy atom. The number of benzene rings is 1. The van der Waals surface area contributed by atoms with Crippen LogP contribution in [0.3, 0.4) is 0 Å². The highest BCUT2D eigenvalue weighted by molar-refractivity contribution is 14.0. The number of rotatable bonds is 7. The fourth-order valence-electron chi connectivity index (χ4n) is 1.63. The maximum Gasteiger partial charge on any atom is 0.242 e. The first-order valence-electron chi connectivity index (χ1n) is 7.04. The van der Waals surface area contributed by atoms with E-state index in [1.165, 1.54) is 0 Å². The quantitative estimate of drug-likeness (QED) is 0.262. The second-order valence-electron chi connectivity index (χ2n) is 4.38. The Morgan fingerprint density at radius 2 is 1.96 bits per heavy atom. The number of guanidine groups is 1. The van der Waals surface area contributed by atoms with Gasteiger partial charge < -0.3 is 20.7 Å². The second kappa shape index (κ2) is 12.6. The first kappa shape index (κ1) is 21.0. The lowest BCUT2D eigenvalue weighted by atomic mass is 10.2. The maximum absolute atomic E-state index is 11.8. The van der Waals surface area contributed by atoms with Crippen LogP contribution in [0.15, 0.2) is 29.3 Å². The number of carbonyl (C=O) groups excluding carboxylic acids is 1. The standard InChI is InChI=1S/C16H22N4O2.HI/c1-4-10-18-16(17-5-2)20-12-15(21)19-11-13-6-8-14(22-3)9-7-13;/h1,6-9H,5,10-12H2,2-3H3,(H,19,21)(H2,17,18,20);1H. The topological polar surface area (TPSA) is 74.8 Å². The number of nitrogens with one attached hydrogen (secondary N) is 3. The molecule has 1 amide bonds. The number of halogens is 1. The van der Waals surface area contributed by atoms with Crippen LogP contribution in [-0.4, -0.2) is 38.6 Å². The van der Waals surface area contributed by atoms with Gasteiger partial charge in [0.1, 0.15) is 12.3 Å². The molecule has 0 aliphatic rings. The second-order valence-corrected chi connectivity index (χ2v) is 4.38. The predicted molar refractivity (Wildman–Crippen MR) is 103 cm³/mol. The molecule has 0 fully saturated rings. The number of aliphatic imine (C=N–C) groups is 1. The lowest BCUT2D eigenvalue weighted by molar-refractivity contribution is -0.119. The zero-order valence-corrected chi connectivity index (χ0v) is 15.7. The molecule has 0 saturated heterocycles. The Kier molecular flexibility index (Phi) is 11.5. The minimum absolute atomic E-state index is 0. The molecule has 0 radical (unpaired) electrons. The number of methoxy groups -OCH3 is 1. The zero-order chi connectivity index (χ0) is 16.2. The third-order valence-corrected chi connectivity index (χ3v) is 2.73. The van der Waals surface area contributed by atoms with Crippen molar-refractivity contribution >= 4 is 35.8 Å². The van der Waals surface area contributed by atoms with Gasteiger partial charge >= 0.3 is 0 Å². The smallest absolute Gasteiger partial charge is 0.242 e. The minimum Gasteiger partial charge on any atom is -0.497 e. The van der Waals surface area contributed by atoms with Crippen molar-refractivity contribution in [3.05, 3.63) is 29.8 Å². The molecule has 7 heteroatoms. The molecule has 0 unspecified atom stereocenters. The van der Waals surface area contributed by atoms with Crippen molar-refractivity contribution in [3.8, 4) is 18.1 Å². The van der Waals surface area contributed by atoms with E-state index in [0.29, 0.717) is 25.6 Å². The monoisotopic (exact) mass is 430 g/mol. The summed E-state index contributed by atoms with van der Waals surface area (Å²) in [5.41, 5.74) is 0.996. The van der Waals surface area contributed by atoms with E-state index in [2.05, 4.69) is 26.9 Å². The maximum atomic E-state index is 11.8. The average Bonchev–Trinajstić information content (AvgIpc) is 2.56. The summed E-state index contributed by atoms with van der Waals surface area (Å²) in [7, 11) is 1.62. The summed E-state index contributed by atoms with van der Waals surface area (Å²) in [6.07, 6.45) is 5.18. The van der Waals surface area contributed by atoms with Gasteiger partial charge in [-0.2, -0.15) is 0 Å². The van der Waals surface area contributed by atoms with Gasteiger partial charge in [-0.1, -0.05) is 18.1 Å². The van der Waals surface area contributed by atoms with Gasteiger partial charge in [0, 0.05) is 13.1 Å². The zero-order valence-electron chi connectivity index (χ0n) is 13.4. The number of hydrogen-bond acceptors (Lipinski definition) is 3. The van der Waals surface area contributed by atoms with Crippen molar-refractivity contribution in [1.82, 2.24) is 16.0 Å². The highest BCUT2D eigenvalue weighted by Gasteiger charge is 2.02. The Hall–Kier alpha value is -1.95. The van der Waals surface area contributed by atoms with E-state index >= 15 is 0 Å². The number of carbonyl (C=O) groups is 1. The molecule has 1 aromatic rings. The fraction of sp³-hybridized carbons (Fsp3) is 0.375. The third kappa shape index (κ3) is 8.93. The van der Waals surface area contributed by atoms with E-state index in [4.69, 9.17) is 11.2 Å². The van der Waals surface area contributed by atoms with Gasteiger partial charge in [0.05, 0.1) is 13.7 Å². The van der Waals surface area contributed by atoms with E-state index < -0.39 is 0 Å². The summed E-state index contributed by atoms with van der Waals surface area (Å²) in [4.78, 5) is 15.9. The van der Waals surface area contributed by atoms with Crippen LogP contribution in [0.4, 0.5) is 0 Å². The average molecular weight is 430 g/mol. The van der Waals surface area contributed by atoms with Crippen LogP contribution >= 0.6 is 24.0 Å². The molecule has 0 atom stereocenters. The molecule has 0 spiro atoms. The Morgan fingerprint density at radius 3 is 2.52 bits per heavy atom. The normalized spacial score (nSPS) is 10.0. The minimum atomic E-state index is -0.159. The largest absolute Gasteiger partial charge is 0.497 e. The van der Waals surface area contributed by atoms with Gasteiger partial charge in [0.15, 0.2) is 5.96 Å². The molecule has 3 N–H and O–H groups in total. The van der Waals surface area contributed by atoms with Crippen LogP contribution in [0.1, 0.15) is 12.5 Å². The Balaban J connectivity index is 0.00000484. The third-order valence-electron chi connectivity index (χ3n) is 2.73. The van der Waals surface area contributed by atoms with Crippen molar-refractivity contribution < 1.29 is 9.53 Å².